The molecule has 0 bridgehead atoms. The second-order valence-electron chi connectivity index (χ2n) is 7.59. The van der Waals surface area contributed by atoms with Gasteiger partial charge >= 0.3 is 0 Å². The van der Waals surface area contributed by atoms with E-state index < -0.39 is 6.10 Å². The van der Waals surface area contributed by atoms with Gasteiger partial charge in [-0.3, -0.25) is 0 Å². The van der Waals surface area contributed by atoms with Gasteiger partial charge in [0.1, 0.15) is 19.2 Å². The van der Waals surface area contributed by atoms with Gasteiger partial charge in [-0.15, -0.1) is 0 Å². The normalized spacial score (nSPS) is 20.1. The molecule has 2 aromatic rings. The number of aryl methyl sites for hydroxylation is 1. The van der Waals surface area contributed by atoms with E-state index in [-0.39, 0.29) is 6.10 Å². The van der Waals surface area contributed by atoms with Crippen LogP contribution in [0.1, 0.15) is 35.6 Å². The minimum atomic E-state index is -0.479. The van der Waals surface area contributed by atoms with Gasteiger partial charge < -0.3 is 24.2 Å². The van der Waals surface area contributed by atoms with Gasteiger partial charge in [0, 0.05) is 5.56 Å². The third-order valence-electron chi connectivity index (χ3n) is 5.33. The highest BCUT2D eigenvalue weighted by Crippen LogP contribution is 2.33. The maximum absolute atomic E-state index is 10.4. The first-order valence-electron chi connectivity index (χ1n) is 9.76. The van der Waals surface area contributed by atoms with Gasteiger partial charge in [0.25, 0.3) is 0 Å². The van der Waals surface area contributed by atoms with E-state index in [0.29, 0.717) is 19.9 Å². The number of aliphatic hydroxyl groups is 1. The summed E-state index contributed by atoms with van der Waals surface area (Å²) in [4.78, 5) is 1.23. The van der Waals surface area contributed by atoms with E-state index in [0.717, 1.165) is 37.3 Å². The molecule has 0 radical (unpaired) electrons. The summed E-state index contributed by atoms with van der Waals surface area (Å²) in [5.74, 6) is 1.61. The molecule has 0 saturated heterocycles. The van der Waals surface area contributed by atoms with E-state index in [1.807, 2.05) is 12.1 Å². The summed E-state index contributed by atoms with van der Waals surface area (Å²) in [6, 6.07) is 14.5. The molecule has 5 heteroatoms. The van der Waals surface area contributed by atoms with Crippen molar-refractivity contribution in [1.29, 1.82) is 0 Å². The molecule has 0 aromatic heterocycles. The maximum Gasteiger partial charge on any atom is 0.231 e. The molecule has 4 rings (SSSR count). The van der Waals surface area contributed by atoms with Crippen LogP contribution in [0, 0.1) is 0 Å². The van der Waals surface area contributed by atoms with Crippen LogP contribution in [0.5, 0.6) is 11.5 Å². The quantitative estimate of drug-likeness (QED) is 0.782. The van der Waals surface area contributed by atoms with Crippen LogP contribution in [0.4, 0.5) is 0 Å². The van der Waals surface area contributed by atoms with Gasteiger partial charge in [-0.05, 0) is 48.6 Å². The number of hydrogen-bond acceptors (Lipinski definition) is 4. The first-order chi connectivity index (χ1) is 13.2. The standard InChI is InChI=1S/C22H27NO4/c1-23(12-16-9-10-21-22(11-16)27-15-26-21)13-18(24)14-25-20-8-4-6-17-5-2-3-7-19(17)20/h2-3,5,7,9-11,18,20,24H,4,6,8,12-15H2,1H3/p+1/t18-,20+/m0/s1. The molecule has 1 aliphatic carbocycles. The van der Waals surface area contributed by atoms with Gasteiger partial charge in [-0.25, -0.2) is 0 Å². The number of nitrogens with one attached hydrogen (secondary N) is 1. The van der Waals surface area contributed by atoms with E-state index in [9.17, 15) is 5.11 Å². The Kier molecular flexibility index (Phi) is 5.62. The van der Waals surface area contributed by atoms with Crippen molar-refractivity contribution in [2.75, 3.05) is 27.0 Å². The lowest BCUT2D eigenvalue weighted by atomic mass is 9.89. The molecular formula is C22H28NO4+. The lowest BCUT2D eigenvalue weighted by Crippen LogP contribution is -3.08. The number of benzene rings is 2. The Hall–Kier alpha value is -2.08. The van der Waals surface area contributed by atoms with Crippen molar-refractivity contribution in [1.82, 2.24) is 0 Å². The summed E-state index contributed by atoms with van der Waals surface area (Å²) in [6.07, 6.45) is 2.93. The molecule has 1 heterocycles. The molecule has 2 aromatic carbocycles. The van der Waals surface area contributed by atoms with Crippen LogP contribution in [0.25, 0.3) is 0 Å². The predicted molar refractivity (Wildman–Crippen MR) is 102 cm³/mol. The highest BCUT2D eigenvalue weighted by molar-refractivity contribution is 5.44. The zero-order valence-electron chi connectivity index (χ0n) is 15.8. The summed E-state index contributed by atoms with van der Waals surface area (Å²) in [7, 11) is 2.09. The lowest BCUT2D eigenvalue weighted by molar-refractivity contribution is -0.897. The Bertz CT molecular complexity index is 779. The minimum absolute atomic E-state index is 0.110. The van der Waals surface area contributed by atoms with E-state index in [2.05, 4.69) is 37.4 Å². The fourth-order valence-corrected chi connectivity index (χ4v) is 4.04. The Balaban J connectivity index is 1.26. The first kappa shape index (κ1) is 18.3. The maximum atomic E-state index is 10.4. The number of likely N-dealkylation sites (N-methyl/N-ethyl adjacent to an activating group) is 1. The first-order valence-corrected chi connectivity index (χ1v) is 9.76. The Labute approximate surface area is 160 Å². The highest BCUT2D eigenvalue weighted by atomic mass is 16.7. The number of quaternary nitrogens is 1. The van der Waals surface area contributed by atoms with Crippen molar-refractivity contribution >= 4 is 0 Å². The van der Waals surface area contributed by atoms with Crippen LogP contribution in [0.3, 0.4) is 0 Å². The van der Waals surface area contributed by atoms with Crippen molar-refractivity contribution in [2.24, 2.45) is 0 Å². The van der Waals surface area contributed by atoms with Crippen LogP contribution in [-0.4, -0.2) is 38.2 Å². The number of aliphatic hydroxyl groups excluding tert-OH is 1. The summed E-state index contributed by atoms with van der Waals surface area (Å²) >= 11 is 0. The third kappa shape index (κ3) is 4.43. The van der Waals surface area contributed by atoms with Crippen LogP contribution in [-0.2, 0) is 17.7 Å². The summed E-state index contributed by atoms with van der Waals surface area (Å²) in [5.41, 5.74) is 3.84. The molecular weight excluding hydrogens is 342 g/mol. The SMILES string of the molecule is C[NH+](Cc1ccc2c(c1)OCO2)C[C@H](O)CO[C@@H]1CCCc2ccccc21. The number of fused-ring (bicyclic) bond motifs is 2. The molecule has 2 aliphatic rings. The smallest absolute Gasteiger partial charge is 0.231 e. The van der Waals surface area contributed by atoms with Crippen molar-refractivity contribution in [3.05, 3.63) is 59.2 Å². The molecule has 0 amide bonds. The molecule has 0 fully saturated rings. The highest BCUT2D eigenvalue weighted by Gasteiger charge is 2.22. The van der Waals surface area contributed by atoms with Gasteiger partial charge in [-0.1, -0.05) is 24.3 Å². The largest absolute Gasteiger partial charge is 0.454 e. The molecule has 144 valence electrons. The summed E-state index contributed by atoms with van der Waals surface area (Å²) in [6.45, 7) is 2.13. The monoisotopic (exact) mass is 370 g/mol. The van der Waals surface area contributed by atoms with Crippen LogP contribution in [0.2, 0.25) is 0 Å². The minimum Gasteiger partial charge on any atom is -0.454 e. The molecule has 2 N–H and O–H groups in total. The van der Waals surface area contributed by atoms with Crippen molar-refractivity contribution < 1.29 is 24.2 Å². The van der Waals surface area contributed by atoms with Crippen LogP contribution >= 0.6 is 0 Å². The lowest BCUT2D eigenvalue weighted by Gasteiger charge is -2.27. The van der Waals surface area contributed by atoms with Gasteiger partial charge in [-0.2, -0.15) is 0 Å². The molecule has 3 atom stereocenters. The van der Waals surface area contributed by atoms with Crippen LogP contribution < -0.4 is 14.4 Å². The fraction of sp³-hybridized carbons (Fsp3) is 0.455. The third-order valence-corrected chi connectivity index (χ3v) is 5.33. The molecule has 1 unspecified atom stereocenters. The molecule has 1 aliphatic heterocycles. The van der Waals surface area contributed by atoms with Crippen LogP contribution in [0.15, 0.2) is 42.5 Å². The molecule has 5 nitrogen and oxygen atoms in total. The van der Waals surface area contributed by atoms with E-state index in [1.54, 1.807) is 0 Å². The Morgan fingerprint density at radius 3 is 2.96 bits per heavy atom. The van der Waals surface area contributed by atoms with Gasteiger partial charge in [0.2, 0.25) is 6.79 Å². The fourth-order valence-electron chi connectivity index (χ4n) is 4.04. The second kappa shape index (κ2) is 8.30. The number of ether oxygens (including phenoxy) is 3. The van der Waals surface area contributed by atoms with E-state index >= 15 is 0 Å². The number of hydrogen-bond donors (Lipinski definition) is 2. The Morgan fingerprint density at radius 1 is 1.19 bits per heavy atom. The zero-order chi connectivity index (χ0) is 18.6. The van der Waals surface area contributed by atoms with E-state index in [4.69, 9.17) is 14.2 Å². The summed E-state index contributed by atoms with van der Waals surface area (Å²) in [5, 5.41) is 10.4. The predicted octanol–water partition coefficient (Wildman–Crippen LogP) is 1.89. The number of rotatable bonds is 7. The average molecular weight is 370 g/mol. The zero-order valence-corrected chi connectivity index (χ0v) is 15.8. The topological polar surface area (TPSA) is 52.4 Å². The van der Waals surface area contributed by atoms with Crippen molar-refractivity contribution in [3.63, 3.8) is 0 Å². The van der Waals surface area contributed by atoms with Crippen molar-refractivity contribution in [3.8, 4) is 11.5 Å². The second-order valence-corrected chi connectivity index (χ2v) is 7.59. The average Bonchev–Trinajstić information content (AvgIpc) is 3.14. The molecule has 0 saturated carbocycles. The summed E-state index contributed by atoms with van der Waals surface area (Å²) < 4.78 is 16.9. The van der Waals surface area contributed by atoms with Gasteiger partial charge in [0.15, 0.2) is 11.5 Å². The molecule has 0 spiro atoms. The molecule has 27 heavy (non-hydrogen) atoms. The van der Waals surface area contributed by atoms with Gasteiger partial charge in [0.05, 0.1) is 19.8 Å². The Morgan fingerprint density at radius 2 is 2.04 bits per heavy atom. The van der Waals surface area contributed by atoms with Crippen molar-refractivity contribution in [2.45, 2.75) is 38.0 Å². The van der Waals surface area contributed by atoms with E-state index in [1.165, 1.54) is 21.6 Å².